The SMILES string of the molecule is CC(C)n1cncc1CNC1CN2CCC1CC2. The van der Waals surface area contributed by atoms with E-state index in [1.807, 2.05) is 12.5 Å². The van der Waals surface area contributed by atoms with Gasteiger partial charge in [0.2, 0.25) is 0 Å². The quantitative estimate of drug-likeness (QED) is 0.879. The van der Waals surface area contributed by atoms with E-state index >= 15 is 0 Å². The van der Waals surface area contributed by atoms with E-state index in [9.17, 15) is 0 Å². The zero-order chi connectivity index (χ0) is 12.5. The molecule has 18 heavy (non-hydrogen) atoms. The second-order valence-electron chi connectivity index (χ2n) is 6.01. The molecule has 1 atom stereocenters. The van der Waals surface area contributed by atoms with Crippen LogP contribution < -0.4 is 5.32 Å². The lowest BCUT2D eigenvalue weighted by Crippen LogP contribution is -2.55. The Morgan fingerprint density at radius 2 is 2.17 bits per heavy atom. The van der Waals surface area contributed by atoms with Gasteiger partial charge in [-0.25, -0.2) is 4.98 Å². The molecule has 1 aromatic rings. The first-order valence-corrected chi connectivity index (χ1v) is 7.20. The van der Waals surface area contributed by atoms with Gasteiger partial charge in [0.15, 0.2) is 0 Å². The number of imidazole rings is 1. The molecule has 100 valence electrons. The van der Waals surface area contributed by atoms with Gasteiger partial charge in [0.05, 0.1) is 12.0 Å². The van der Waals surface area contributed by atoms with E-state index in [1.165, 1.54) is 38.2 Å². The molecule has 3 fully saturated rings. The molecule has 1 unspecified atom stereocenters. The van der Waals surface area contributed by atoms with Crippen LogP contribution in [0.2, 0.25) is 0 Å². The summed E-state index contributed by atoms with van der Waals surface area (Å²) in [5, 5.41) is 3.75. The third-order valence-electron chi connectivity index (χ3n) is 4.50. The van der Waals surface area contributed by atoms with E-state index in [-0.39, 0.29) is 0 Å². The van der Waals surface area contributed by atoms with Crippen LogP contribution in [0.15, 0.2) is 12.5 Å². The Labute approximate surface area is 109 Å². The van der Waals surface area contributed by atoms with Crippen molar-refractivity contribution < 1.29 is 0 Å². The minimum atomic E-state index is 0.496. The first-order valence-electron chi connectivity index (χ1n) is 7.20. The molecule has 1 aromatic heterocycles. The van der Waals surface area contributed by atoms with Gasteiger partial charge in [0.25, 0.3) is 0 Å². The highest BCUT2D eigenvalue weighted by Crippen LogP contribution is 2.27. The lowest BCUT2D eigenvalue weighted by molar-refractivity contribution is 0.0717. The summed E-state index contributed by atoms with van der Waals surface area (Å²) in [7, 11) is 0. The lowest BCUT2D eigenvalue weighted by Gasteiger charge is -2.45. The van der Waals surface area contributed by atoms with Crippen molar-refractivity contribution in [3.63, 3.8) is 0 Å². The zero-order valence-corrected chi connectivity index (χ0v) is 11.5. The molecule has 0 aromatic carbocycles. The van der Waals surface area contributed by atoms with Gasteiger partial charge in [-0.3, -0.25) is 0 Å². The molecule has 4 rings (SSSR count). The Morgan fingerprint density at radius 3 is 2.78 bits per heavy atom. The summed E-state index contributed by atoms with van der Waals surface area (Å²) in [6, 6.07) is 1.18. The van der Waals surface area contributed by atoms with Gasteiger partial charge < -0.3 is 14.8 Å². The largest absolute Gasteiger partial charge is 0.331 e. The van der Waals surface area contributed by atoms with Crippen molar-refractivity contribution in [1.82, 2.24) is 19.8 Å². The van der Waals surface area contributed by atoms with Gasteiger partial charge in [-0.2, -0.15) is 0 Å². The molecule has 0 aliphatic carbocycles. The number of aromatic nitrogens is 2. The lowest BCUT2D eigenvalue weighted by atomic mass is 9.84. The van der Waals surface area contributed by atoms with Crippen LogP contribution in [-0.2, 0) is 6.54 Å². The highest BCUT2D eigenvalue weighted by molar-refractivity contribution is 5.01. The monoisotopic (exact) mass is 248 g/mol. The summed E-state index contributed by atoms with van der Waals surface area (Å²) < 4.78 is 2.26. The third-order valence-corrected chi connectivity index (χ3v) is 4.50. The van der Waals surface area contributed by atoms with E-state index in [2.05, 4.69) is 33.6 Å². The molecule has 3 saturated heterocycles. The maximum Gasteiger partial charge on any atom is 0.0951 e. The van der Waals surface area contributed by atoms with Crippen LogP contribution in [0.5, 0.6) is 0 Å². The van der Waals surface area contributed by atoms with Crippen LogP contribution in [0, 0.1) is 5.92 Å². The normalized spacial score (nSPS) is 31.2. The average Bonchev–Trinajstić information content (AvgIpc) is 2.86. The molecule has 0 spiro atoms. The van der Waals surface area contributed by atoms with Gasteiger partial charge in [0, 0.05) is 31.4 Å². The predicted octanol–water partition coefficient (Wildman–Crippen LogP) is 1.65. The first-order chi connectivity index (χ1) is 8.74. The Morgan fingerprint density at radius 1 is 1.39 bits per heavy atom. The van der Waals surface area contributed by atoms with Crippen LogP contribution in [0.1, 0.15) is 38.4 Å². The van der Waals surface area contributed by atoms with Crippen molar-refractivity contribution in [2.45, 2.75) is 45.3 Å². The molecule has 4 heterocycles. The fraction of sp³-hybridized carbons (Fsp3) is 0.786. The van der Waals surface area contributed by atoms with Crippen molar-refractivity contribution in [1.29, 1.82) is 0 Å². The smallest absolute Gasteiger partial charge is 0.0951 e. The summed E-state index contributed by atoms with van der Waals surface area (Å²) in [6.07, 6.45) is 6.69. The summed E-state index contributed by atoms with van der Waals surface area (Å²) >= 11 is 0. The van der Waals surface area contributed by atoms with Crippen LogP contribution in [0.25, 0.3) is 0 Å². The van der Waals surface area contributed by atoms with Gasteiger partial charge in [-0.05, 0) is 45.7 Å². The van der Waals surface area contributed by atoms with Crippen molar-refractivity contribution in [2.75, 3.05) is 19.6 Å². The van der Waals surface area contributed by atoms with Gasteiger partial charge in [-0.1, -0.05) is 0 Å². The second kappa shape index (κ2) is 5.02. The number of piperidine rings is 3. The Bertz CT molecular complexity index is 390. The van der Waals surface area contributed by atoms with Crippen molar-refractivity contribution in [2.24, 2.45) is 5.92 Å². The number of rotatable bonds is 4. The second-order valence-corrected chi connectivity index (χ2v) is 6.01. The summed E-state index contributed by atoms with van der Waals surface area (Å²) in [5.74, 6) is 0.894. The van der Waals surface area contributed by atoms with Crippen molar-refractivity contribution in [3.8, 4) is 0 Å². The number of hydrogen-bond acceptors (Lipinski definition) is 3. The average molecular weight is 248 g/mol. The minimum Gasteiger partial charge on any atom is -0.331 e. The Hall–Kier alpha value is -0.870. The maximum atomic E-state index is 4.27. The van der Waals surface area contributed by atoms with Crippen LogP contribution in [0.4, 0.5) is 0 Å². The molecule has 3 aliphatic rings. The van der Waals surface area contributed by atoms with Gasteiger partial charge in [-0.15, -0.1) is 0 Å². The third kappa shape index (κ3) is 2.31. The van der Waals surface area contributed by atoms with Crippen molar-refractivity contribution in [3.05, 3.63) is 18.2 Å². The molecule has 0 saturated carbocycles. The number of fused-ring (bicyclic) bond motifs is 3. The van der Waals surface area contributed by atoms with Gasteiger partial charge in [0.1, 0.15) is 0 Å². The molecule has 3 aliphatic heterocycles. The summed E-state index contributed by atoms with van der Waals surface area (Å²) in [4.78, 5) is 6.86. The standard InChI is InChI=1S/C14H24N4/c1-11(2)18-10-15-7-13(18)8-16-14-9-17-5-3-12(14)4-6-17/h7,10-12,14,16H,3-6,8-9H2,1-2H3. The van der Waals surface area contributed by atoms with Crippen LogP contribution in [-0.4, -0.2) is 40.1 Å². The minimum absolute atomic E-state index is 0.496. The van der Waals surface area contributed by atoms with E-state index in [1.54, 1.807) is 0 Å². The first kappa shape index (κ1) is 12.2. The zero-order valence-electron chi connectivity index (χ0n) is 11.5. The fourth-order valence-electron chi connectivity index (χ4n) is 3.37. The summed E-state index contributed by atoms with van der Waals surface area (Å²) in [6.45, 7) is 9.23. The topological polar surface area (TPSA) is 33.1 Å². The number of nitrogens with zero attached hydrogens (tertiary/aromatic N) is 3. The van der Waals surface area contributed by atoms with E-state index in [0.717, 1.165) is 12.5 Å². The predicted molar refractivity (Wildman–Crippen MR) is 72.4 cm³/mol. The molecule has 0 radical (unpaired) electrons. The highest BCUT2D eigenvalue weighted by atomic mass is 15.2. The van der Waals surface area contributed by atoms with Gasteiger partial charge >= 0.3 is 0 Å². The molecular weight excluding hydrogens is 224 g/mol. The summed E-state index contributed by atoms with van der Waals surface area (Å²) in [5.41, 5.74) is 1.31. The molecular formula is C14H24N4. The molecule has 4 heteroatoms. The van der Waals surface area contributed by atoms with Crippen LogP contribution in [0.3, 0.4) is 0 Å². The molecule has 1 N–H and O–H groups in total. The molecule has 4 nitrogen and oxygen atoms in total. The number of hydrogen-bond donors (Lipinski definition) is 1. The molecule has 0 amide bonds. The highest BCUT2D eigenvalue weighted by Gasteiger charge is 2.33. The van der Waals surface area contributed by atoms with E-state index in [4.69, 9.17) is 0 Å². The van der Waals surface area contributed by atoms with Crippen molar-refractivity contribution >= 4 is 0 Å². The number of nitrogens with one attached hydrogen (secondary N) is 1. The Kier molecular flexibility index (Phi) is 3.39. The maximum absolute atomic E-state index is 4.27. The Balaban J connectivity index is 1.59. The van der Waals surface area contributed by atoms with Crippen LogP contribution >= 0.6 is 0 Å². The molecule has 2 bridgehead atoms. The van der Waals surface area contributed by atoms with E-state index in [0.29, 0.717) is 12.1 Å². The fourth-order valence-corrected chi connectivity index (χ4v) is 3.37. The van der Waals surface area contributed by atoms with E-state index < -0.39 is 0 Å².